The molecule has 1 aromatic rings. The molecule has 2 bridgehead atoms. The summed E-state index contributed by atoms with van der Waals surface area (Å²) in [4.78, 5) is 37.4. The predicted molar refractivity (Wildman–Crippen MR) is 83.8 cm³/mol. The number of hydrogen-bond donors (Lipinski definition) is 3. The summed E-state index contributed by atoms with van der Waals surface area (Å²) in [6.07, 6.45) is 0.638. The summed E-state index contributed by atoms with van der Waals surface area (Å²) >= 11 is 0. The highest BCUT2D eigenvalue weighted by atomic mass is 16.5. The van der Waals surface area contributed by atoms with Crippen LogP contribution in [-0.2, 0) is 9.53 Å². The Labute approximate surface area is 138 Å². The Hall–Kier alpha value is -2.23. The van der Waals surface area contributed by atoms with Gasteiger partial charge in [-0.3, -0.25) is 14.4 Å². The maximum Gasteiger partial charge on any atom is 0.489 e. The maximum atomic E-state index is 12.9. The van der Waals surface area contributed by atoms with Crippen molar-refractivity contribution in [2.45, 2.75) is 18.5 Å². The number of fused-ring (bicyclic) bond motifs is 2. The van der Waals surface area contributed by atoms with Gasteiger partial charge >= 0.3 is 7.12 Å². The Morgan fingerprint density at radius 3 is 2.79 bits per heavy atom. The second kappa shape index (κ2) is 6.72. The van der Waals surface area contributed by atoms with Crippen molar-refractivity contribution in [2.24, 2.45) is 0 Å². The Bertz CT molecular complexity index is 680. The Morgan fingerprint density at radius 2 is 2.08 bits per heavy atom. The number of nitrogens with one attached hydrogen (secondary N) is 1. The van der Waals surface area contributed by atoms with Gasteiger partial charge in [0.05, 0.1) is 25.3 Å². The predicted octanol–water partition coefficient (Wildman–Crippen LogP) is -2.09. The van der Waals surface area contributed by atoms with E-state index < -0.39 is 7.12 Å². The van der Waals surface area contributed by atoms with Gasteiger partial charge < -0.3 is 25.0 Å². The Kier molecular flexibility index (Phi) is 4.65. The van der Waals surface area contributed by atoms with Crippen molar-refractivity contribution in [2.75, 3.05) is 19.8 Å². The van der Waals surface area contributed by atoms with Crippen LogP contribution in [0.15, 0.2) is 18.2 Å². The third-order valence-corrected chi connectivity index (χ3v) is 4.34. The standard InChI is InChI=1S/C15H17BN2O6/c19-6-10-3-9(1-2-13(10)16(22)23)15(21)18-11-4-14(20)17-5-12(18)8-24-7-11/h1-3,6,11-12,22-23H,4-5,7-8H2,(H,17,20). The summed E-state index contributed by atoms with van der Waals surface area (Å²) in [7, 11) is -1.79. The van der Waals surface area contributed by atoms with E-state index in [0.717, 1.165) is 0 Å². The first-order valence-electron chi connectivity index (χ1n) is 7.63. The van der Waals surface area contributed by atoms with Crippen LogP contribution in [0.4, 0.5) is 0 Å². The third-order valence-electron chi connectivity index (χ3n) is 4.34. The van der Waals surface area contributed by atoms with Crippen molar-refractivity contribution in [3.63, 3.8) is 0 Å². The van der Waals surface area contributed by atoms with Crippen molar-refractivity contribution in [1.82, 2.24) is 10.2 Å². The summed E-state index contributed by atoms with van der Waals surface area (Å²) < 4.78 is 5.47. The topological polar surface area (TPSA) is 116 Å². The average Bonchev–Trinajstić information content (AvgIpc) is 2.66. The lowest BCUT2D eigenvalue weighted by Crippen LogP contribution is -2.55. The molecular weight excluding hydrogens is 315 g/mol. The van der Waals surface area contributed by atoms with E-state index in [-0.39, 0.29) is 53.5 Å². The smallest absolute Gasteiger partial charge is 0.423 e. The molecule has 126 valence electrons. The quantitative estimate of drug-likeness (QED) is 0.432. The van der Waals surface area contributed by atoms with Crippen LogP contribution in [0.3, 0.4) is 0 Å². The van der Waals surface area contributed by atoms with Crippen molar-refractivity contribution in [3.05, 3.63) is 29.3 Å². The zero-order valence-corrected chi connectivity index (χ0v) is 12.8. The van der Waals surface area contributed by atoms with E-state index in [4.69, 9.17) is 4.74 Å². The first-order chi connectivity index (χ1) is 11.5. The lowest BCUT2D eigenvalue weighted by atomic mass is 9.76. The average molecular weight is 332 g/mol. The van der Waals surface area contributed by atoms with Gasteiger partial charge in [0, 0.05) is 24.1 Å². The highest BCUT2D eigenvalue weighted by molar-refractivity contribution is 6.60. The first kappa shape index (κ1) is 16.6. The summed E-state index contributed by atoms with van der Waals surface area (Å²) in [5, 5.41) is 21.3. The molecule has 1 aromatic carbocycles. The number of morpholine rings is 1. The minimum atomic E-state index is -1.79. The van der Waals surface area contributed by atoms with Gasteiger partial charge in [-0.15, -0.1) is 0 Å². The Balaban J connectivity index is 1.93. The van der Waals surface area contributed by atoms with E-state index in [2.05, 4.69) is 5.32 Å². The number of ether oxygens (including phenoxy) is 1. The van der Waals surface area contributed by atoms with Gasteiger partial charge in [-0.2, -0.15) is 0 Å². The van der Waals surface area contributed by atoms with Crippen LogP contribution < -0.4 is 10.8 Å². The van der Waals surface area contributed by atoms with Gasteiger partial charge in [-0.1, -0.05) is 6.07 Å². The summed E-state index contributed by atoms with van der Waals surface area (Å²) in [5.41, 5.74) is 0.340. The number of nitrogens with zero attached hydrogens (tertiary/aromatic N) is 1. The molecule has 0 aromatic heterocycles. The molecule has 8 nitrogen and oxygen atoms in total. The molecular formula is C15H17BN2O6. The van der Waals surface area contributed by atoms with Gasteiger partial charge in [0.15, 0.2) is 0 Å². The first-order valence-corrected chi connectivity index (χ1v) is 7.63. The van der Waals surface area contributed by atoms with Crippen molar-refractivity contribution in [3.8, 4) is 0 Å². The van der Waals surface area contributed by atoms with E-state index >= 15 is 0 Å². The van der Waals surface area contributed by atoms with Crippen LogP contribution in [0.25, 0.3) is 0 Å². The molecule has 0 radical (unpaired) electrons. The van der Waals surface area contributed by atoms with E-state index in [0.29, 0.717) is 19.4 Å². The number of rotatable bonds is 3. The van der Waals surface area contributed by atoms with Crippen molar-refractivity contribution < 1.29 is 29.2 Å². The van der Waals surface area contributed by atoms with Crippen LogP contribution in [0.1, 0.15) is 27.1 Å². The van der Waals surface area contributed by atoms with Crippen LogP contribution in [0.2, 0.25) is 0 Å². The van der Waals surface area contributed by atoms with Gasteiger partial charge in [0.25, 0.3) is 5.91 Å². The van der Waals surface area contributed by atoms with Crippen LogP contribution in [-0.4, -0.2) is 72.0 Å². The molecule has 9 heteroatoms. The second-order valence-corrected chi connectivity index (χ2v) is 5.90. The van der Waals surface area contributed by atoms with E-state index in [9.17, 15) is 24.4 Å². The number of aldehydes is 1. The molecule has 0 aliphatic carbocycles. The van der Waals surface area contributed by atoms with Gasteiger partial charge in [0.2, 0.25) is 5.91 Å². The monoisotopic (exact) mass is 332 g/mol. The molecule has 3 N–H and O–H groups in total. The maximum absolute atomic E-state index is 12.9. The van der Waals surface area contributed by atoms with Crippen LogP contribution >= 0.6 is 0 Å². The summed E-state index contributed by atoms with van der Waals surface area (Å²) in [6, 6.07) is 3.49. The number of hydrogen-bond acceptors (Lipinski definition) is 6. The highest BCUT2D eigenvalue weighted by Crippen LogP contribution is 2.22. The van der Waals surface area contributed by atoms with Crippen molar-refractivity contribution >= 4 is 30.7 Å². The molecule has 2 aliphatic heterocycles. The number of carbonyl (C=O) groups is 3. The SMILES string of the molecule is O=Cc1cc(C(=O)N2C3CNC(=O)CC2COC3)ccc1B(O)O. The van der Waals surface area contributed by atoms with Crippen LogP contribution in [0.5, 0.6) is 0 Å². The lowest BCUT2D eigenvalue weighted by Gasteiger charge is -2.39. The zero-order valence-electron chi connectivity index (χ0n) is 12.8. The third kappa shape index (κ3) is 3.05. The molecule has 0 spiro atoms. The minimum absolute atomic E-state index is 0.0396. The van der Waals surface area contributed by atoms with E-state index in [1.165, 1.54) is 18.2 Å². The molecule has 2 atom stereocenters. The fourth-order valence-electron chi connectivity index (χ4n) is 3.16. The largest absolute Gasteiger partial charge is 0.489 e. The van der Waals surface area contributed by atoms with Crippen molar-refractivity contribution in [1.29, 1.82) is 0 Å². The van der Waals surface area contributed by atoms with Gasteiger partial charge in [0.1, 0.15) is 6.29 Å². The van der Waals surface area contributed by atoms with E-state index in [1.807, 2.05) is 0 Å². The van der Waals surface area contributed by atoms with Gasteiger partial charge in [-0.25, -0.2) is 0 Å². The number of carbonyl (C=O) groups excluding carboxylic acids is 3. The molecule has 2 amide bonds. The molecule has 2 saturated heterocycles. The molecule has 2 fully saturated rings. The number of amides is 2. The fraction of sp³-hybridized carbons (Fsp3) is 0.400. The molecule has 2 aliphatic rings. The molecule has 3 rings (SSSR count). The molecule has 2 heterocycles. The molecule has 24 heavy (non-hydrogen) atoms. The summed E-state index contributed by atoms with van der Waals surface area (Å²) in [5.74, 6) is -0.440. The highest BCUT2D eigenvalue weighted by Gasteiger charge is 2.39. The van der Waals surface area contributed by atoms with Crippen LogP contribution in [0, 0.1) is 0 Å². The summed E-state index contributed by atoms with van der Waals surface area (Å²) in [6.45, 7) is 0.926. The zero-order chi connectivity index (χ0) is 17.3. The Morgan fingerprint density at radius 1 is 1.33 bits per heavy atom. The molecule has 0 saturated carbocycles. The fourth-order valence-corrected chi connectivity index (χ4v) is 3.16. The normalized spacial score (nSPS) is 23.2. The van der Waals surface area contributed by atoms with E-state index in [1.54, 1.807) is 4.90 Å². The lowest BCUT2D eigenvalue weighted by molar-refractivity contribution is -0.121. The second-order valence-electron chi connectivity index (χ2n) is 5.90. The van der Waals surface area contributed by atoms with Gasteiger partial charge in [-0.05, 0) is 17.6 Å². The number of benzene rings is 1. The minimum Gasteiger partial charge on any atom is -0.423 e. The molecule has 2 unspecified atom stereocenters.